The highest BCUT2D eigenvalue weighted by atomic mass is 32.2. The van der Waals surface area contributed by atoms with Crippen molar-refractivity contribution in [1.29, 1.82) is 0 Å². The van der Waals surface area contributed by atoms with Crippen LogP contribution in [0.25, 0.3) is 0 Å². The van der Waals surface area contributed by atoms with Gasteiger partial charge < -0.3 is 10.1 Å². The van der Waals surface area contributed by atoms with Crippen molar-refractivity contribution in [3.63, 3.8) is 0 Å². The topological polar surface area (TPSA) is 21.3 Å². The van der Waals surface area contributed by atoms with Crippen LogP contribution in [0.3, 0.4) is 0 Å². The second kappa shape index (κ2) is 9.26. The van der Waals surface area contributed by atoms with E-state index >= 15 is 0 Å². The molecule has 2 nitrogen and oxygen atoms in total. The van der Waals surface area contributed by atoms with Crippen molar-refractivity contribution >= 4 is 23.1 Å². The van der Waals surface area contributed by atoms with E-state index in [1.54, 1.807) is 7.11 Å². The minimum Gasteiger partial charge on any atom is -0.383 e. The summed E-state index contributed by atoms with van der Waals surface area (Å²) in [4.78, 5) is 4.27. The van der Waals surface area contributed by atoms with E-state index in [1.165, 1.54) is 20.2 Å². The highest BCUT2D eigenvalue weighted by molar-refractivity contribution is 7.98. The second-order valence-electron chi connectivity index (χ2n) is 4.82. The molecule has 2 aromatic rings. The normalized spacial score (nSPS) is 11.0. The first kappa shape index (κ1) is 16.6. The van der Waals surface area contributed by atoms with Gasteiger partial charge in [-0.25, -0.2) is 0 Å². The number of methoxy groups -OCH3 is 1. The van der Waals surface area contributed by atoms with Gasteiger partial charge in [-0.05, 0) is 36.2 Å². The number of thiophene rings is 1. The van der Waals surface area contributed by atoms with Gasteiger partial charge in [0.05, 0.1) is 6.61 Å². The zero-order valence-electron chi connectivity index (χ0n) is 12.7. The van der Waals surface area contributed by atoms with Crippen molar-refractivity contribution in [2.75, 3.05) is 20.3 Å². The van der Waals surface area contributed by atoms with Crippen molar-refractivity contribution in [2.45, 2.75) is 30.5 Å². The lowest BCUT2D eigenvalue weighted by atomic mass is 10.2. The number of aryl methyl sites for hydroxylation is 1. The number of ether oxygens (including phenoxy) is 1. The minimum absolute atomic E-state index is 0.758. The number of hydrogen-bond acceptors (Lipinski definition) is 4. The fourth-order valence-electron chi connectivity index (χ4n) is 1.95. The SMILES string of the molecule is CCc1ccc(CSc2ccc(CNCCOC)cc2)s1. The van der Waals surface area contributed by atoms with E-state index in [1.807, 2.05) is 23.1 Å². The average Bonchev–Trinajstić information content (AvgIpc) is 2.99. The molecule has 114 valence electrons. The molecule has 0 saturated carbocycles. The highest BCUT2D eigenvalue weighted by Gasteiger charge is 2.01. The molecule has 0 bridgehead atoms. The van der Waals surface area contributed by atoms with Crippen molar-refractivity contribution in [2.24, 2.45) is 0 Å². The summed E-state index contributed by atoms with van der Waals surface area (Å²) in [6, 6.07) is 13.3. The summed E-state index contributed by atoms with van der Waals surface area (Å²) in [6.07, 6.45) is 1.14. The van der Waals surface area contributed by atoms with Gasteiger partial charge in [0.15, 0.2) is 0 Å². The molecule has 2 rings (SSSR count). The van der Waals surface area contributed by atoms with Gasteiger partial charge in [-0.2, -0.15) is 0 Å². The van der Waals surface area contributed by atoms with Crippen LogP contribution in [-0.2, 0) is 23.5 Å². The molecule has 0 unspecified atom stereocenters. The molecule has 0 aliphatic rings. The molecule has 4 heteroatoms. The lowest BCUT2D eigenvalue weighted by Crippen LogP contribution is -2.18. The quantitative estimate of drug-likeness (QED) is 0.548. The summed E-state index contributed by atoms with van der Waals surface area (Å²) in [5, 5.41) is 3.36. The third kappa shape index (κ3) is 5.83. The Morgan fingerprint density at radius 3 is 2.52 bits per heavy atom. The molecule has 1 aromatic carbocycles. The third-order valence-corrected chi connectivity index (χ3v) is 5.66. The Morgan fingerprint density at radius 2 is 1.86 bits per heavy atom. The molecule has 0 spiro atoms. The Morgan fingerprint density at radius 1 is 1.10 bits per heavy atom. The third-order valence-electron chi connectivity index (χ3n) is 3.18. The van der Waals surface area contributed by atoms with E-state index in [0.717, 1.165) is 31.9 Å². The van der Waals surface area contributed by atoms with Crippen LogP contribution in [0, 0.1) is 0 Å². The zero-order chi connectivity index (χ0) is 14.9. The van der Waals surface area contributed by atoms with Gasteiger partial charge in [-0.3, -0.25) is 0 Å². The standard InChI is InChI=1S/C17H23NOS2/c1-3-15-8-9-17(21-15)13-20-16-6-4-14(5-7-16)12-18-10-11-19-2/h4-9,18H,3,10-13H2,1-2H3. The Kier molecular flexibility index (Phi) is 7.30. The highest BCUT2D eigenvalue weighted by Crippen LogP contribution is 2.27. The van der Waals surface area contributed by atoms with E-state index < -0.39 is 0 Å². The molecule has 1 N–H and O–H groups in total. The van der Waals surface area contributed by atoms with Crippen LogP contribution >= 0.6 is 23.1 Å². The van der Waals surface area contributed by atoms with Crippen LogP contribution < -0.4 is 5.32 Å². The number of hydrogen-bond donors (Lipinski definition) is 1. The molecule has 1 heterocycles. The van der Waals surface area contributed by atoms with Crippen LogP contribution in [0.1, 0.15) is 22.2 Å². The van der Waals surface area contributed by atoms with E-state index in [2.05, 4.69) is 48.6 Å². The molecule has 21 heavy (non-hydrogen) atoms. The summed E-state index contributed by atoms with van der Waals surface area (Å²) in [5.41, 5.74) is 1.32. The number of rotatable bonds is 9. The molecule has 0 amide bonds. The predicted molar refractivity (Wildman–Crippen MR) is 93.3 cm³/mol. The Hall–Kier alpha value is -0.810. The monoisotopic (exact) mass is 321 g/mol. The van der Waals surface area contributed by atoms with Gasteiger partial charge in [-0.15, -0.1) is 23.1 Å². The summed E-state index contributed by atoms with van der Waals surface area (Å²) >= 11 is 3.84. The van der Waals surface area contributed by atoms with E-state index in [4.69, 9.17) is 4.74 Å². The van der Waals surface area contributed by atoms with Crippen LogP contribution in [0.15, 0.2) is 41.3 Å². The van der Waals surface area contributed by atoms with E-state index in [9.17, 15) is 0 Å². The second-order valence-corrected chi connectivity index (χ2v) is 7.13. The minimum atomic E-state index is 0.758. The maximum Gasteiger partial charge on any atom is 0.0587 e. The number of nitrogens with one attached hydrogen (secondary N) is 1. The smallest absolute Gasteiger partial charge is 0.0587 e. The summed E-state index contributed by atoms with van der Waals surface area (Å²) < 4.78 is 5.02. The van der Waals surface area contributed by atoms with E-state index in [-0.39, 0.29) is 0 Å². The Labute approximate surface area is 135 Å². The van der Waals surface area contributed by atoms with Gasteiger partial charge >= 0.3 is 0 Å². The lowest BCUT2D eigenvalue weighted by Gasteiger charge is -2.05. The molecule has 0 saturated heterocycles. The van der Waals surface area contributed by atoms with Crippen molar-refractivity contribution in [3.8, 4) is 0 Å². The predicted octanol–water partition coefficient (Wildman–Crippen LogP) is 4.34. The maximum absolute atomic E-state index is 5.02. The van der Waals surface area contributed by atoms with Crippen LogP contribution in [-0.4, -0.2) is 20.3 Å². The summed E-state index contributed by atoms with van der Waals surface area (Å²) in [5.74, 6) is 1.07. The van der Waals surface area contributed by atoms with Crippen molar-refractivity contribution in [1.82, 2.24) is 5.32 Å². The lowest BCUT2D eigenvalue weighted by molar-refractivity contribution is 0.199. The van der Waals surface area contributed by atoms with E-state index in [0.29, 0.717) is 0 Å². The molecular formula is C17H23NOS2. The number of thioether (sulfide) groups is 1. The molecule has 0 aliphatic heterocycles. The molecule has 0 fully saturated rings. The van der Waals surface area contributed by atoms with Gasteiger partial charge in [0.1, 0.15) is 0 Å². The van der Waals surface area contributed by atoms with Gasteiger partial charge in [0.25, 0.3) is 0 Å². The Balaban J connectivity index is 1.76. The van der Waals surface area contributed by atoms with Gasteiger partial charge in [0.2, 0.25) is 0 Å². The largest absolute Gasteiger partial charge is 0.383 e. The first-order valence-corrected chi connectivity index (χ1v) is 9.11. The first-order chi connectivity index (χ1) is 10.3. The molecule has 0 atom stereocenters. The summed E-state index contributed by atoms with van der Waals surface area (Å²) in [6.45, 7) is 4.76. The maximum atomic E-state index is 5.02. The molecule has 1 aromatic heterocycles. The summed E-state index contributed by atoms with van der Waals surface area (Å²) in [7, 11) is 1.73. The fourth-order valence-corrected chi connectivity index (χ4v) is 3.85. The van der Waals surface area contributed by atoms with Gasteiger partial charge in [-0.1, -0.05) is 19.1 Å². The van der Waals surface area contributed by atoms with Crippen molar-refractivity contribution in [3.05, 3.63) is 51.7 Å². The molecule has 0 radical (unpaired) electrons. The molecular weight excluding hydrogens is 298 g/mol. The Bertz CT molecular complexity index is 522. The molecule has 0 aliphatic carbocycles. The van der Waals surface area contributed by atoms with Crippen LogP contribution in [0.4, 0.5) is 0 Å². The number of benzene rings is 1. The fraction of sp³-hybridized carbons (Fsp3) is 0.412. The van der Waals surface area contributed by atoms with Crippen LogP contribution in [0.2, 0.25) is 0 Å². The van der Waals surface area contributed by atoms with Crippen molar-refractivity contribution < 1.29 is 4.74 Å². The first-order valence-electron chi connectivity index (χ1n) is 7.30. The zero-order valence-corrected chi connectivity index (χ0v) is 14.4. The van der Waals surface area contributed by atoms with Gasteiger partial charge in [0, 0.05) is 40.6 Å². The van der Waals surface area contributed by atoms with Crippen LogP contribution in [0.5, 0.6) is 0 Å². The average molecular weight is 322 g/mol.